The number of halogens is 7. The molecule has 0 fully saturated rings. The summed E-state index contributed by atoms with van der Waals surface area (Å²) in [6.45, 7) is 4.07. The molecular formula is C43H45ClF6N8O8S. The van der Waals surface area contributed by atoms with Gasteiger partial charge in [-0.2, -0.15) is 26.6 Å². The Hall–Kier alpha value is -6.62. The van der Waals surface area contributed by atoms with Gasteiger partial charge in [-0.1, -0.05) is 43.5 Å². The highest BCUT2D eigenvalue weighted by Crippen LogP contribution is 2.40. The van der Waals surface area contributed by atoms with E-state index in [0.29, 0.717) is 37.1 Å². The molecule has 0 bridgehead atoms. The van der Waals surface area contributed by atoms with Gasteiger partial charge in [0.15, 0.2) is 6.61 Å². The van der Waals surface area contributed by atoms with Gasteiger partial charge < -0.3 is 25.0 Å². The molecule has 1 aliphatic carbocycles. The summed E-state index contributed by atoms with van der Waals surface area (Å²) < 4.78 is 117. The third-order valence-corrected chi connectivity index (χ3v) is 11.2. The highest BCUT2D eigenvalue weighted by atomic mass is 35.5. The number of urea groups is 1. The van der Waals surface area contributed by atoms with Gasteiger partial charge in [-0.3, -0.25) is 14.3 Å². The number of para-hydroxylation sites is 1. The van der Waals surface area contributed by atoms with Crippen LogP contribution >= 0.6 is 11.6 Å². The van der Waals surface area contributed by atoms with Crippen LogP contribution in [0.3, 0.4) is 0 Å². The lowest BCUT2D eigenvalue weighted by atomic mass is 9.93. The summed E-state index contributed by atoms with van der Waals surface area (Å²) in [5.41, 5.74) is 0.0413. The van der Waals surface area contributed by atoms with Gasteiger partial charge >= 0.3 is 18.2 Å². The number of anilines is 4. The van der Waals surface area contributed by atoms with Gasteiger partial charge in [0, 0.05) is 42.7 Å². The van der Waals surface area contributed by atoms with E-state index in [2.05, 4.69) is 20.7 Å². The number of ether oxygens (including phenoxy) is 2. The molecule has 3 aromatic carbocycles. The number of allylic oxidation sites excluding steroid dienone is 2. The first-order valence-corrected chi connectivity index (χ1v) is 22.4. The molecule has 4 aromatic rings. The van der Waals surface area contributed by atoms with E-state index in [1.54, 1.807) is 13.0 Å². The molecular weight excluding hydrogens is 938 g/mol. The zero-order chi connectivity index (χ0) is 49.2. The average molecular weight is 983 g/mol. The second kappa shape index (κ2) is 22.2. The number of fused-ring (bicyclic) bond motifs is 1. The molecule has 360 valence electrons. The predicted octanol–water partition coefficient (Wildman–Crippen LogP) is 8.82. The van der Waals surface area contributed by atoms with E-state index >= 15 is 0 Å². The van der Waals surface area contributed by atoms with Crippen LogP contribution in [-0.2, 0) is 41.9 Å². The highest BCUT2D eigenvalue weighted by Gasteiger charge is 2.41. The van der Waals surface area contributed by atoms with Crippen LogP contribution in [0.15, 0.2) is 82.7 Å². The Balaban J connectivity index is 0.000000197. The Bertz CT molecular complexity index is 2650. The van der Waals surface area contributed by atoms with Gasteiger partial charge in [-0.05, 0) is 81.5 Å². The third-order valence-electron chi connectivity index (χ3n) is 9.81. The molecule has 3 heterocycles. The SMILES string of the molecule is CC1=CCn2nc(S(=O)(=O)Nc3c(F)cccc3F)nc2N1.CCCCCOC(=O)COc1cc(N2C(=O)C3=C(CCCC3)C2=O)c(F)cc1Cl.CN(C)C(=O)Nc1cccc(C(F)(F)F)c1. The molecule has 0 atom stereocenters. The Morgan fingerprint density at radius 1 is 0.940 bits per heavy atom. The number of hydrogen-bond donors (Lipinski definition) is 3. The largest absolute Gasteiger partial charge is 0.480 e. The summed E-state index contributed by atoms with van der Waals surface area (Å²) in [7, 11) is -1.30. The predicted molar refractivity (Wildman–Crippen MR) is 234 cm³/mol. The number of nitrogens with one attached hydrogen (secondary N) is 3. The number of alkyl halides is 3. The summed E-state index contributed by atoms with van der Waals surface area (Å²) in [6.07, 6.45) is 2.79. The van der Waals surface area contributed by atoms with Crippen molar-refractivity contribution in [3.8, 4) is 5.75 Å². The van der Waals surface area contributed by atoms with Gasteiger partial charge in [0.05, 0.1) is 29.4 Å². The standard InChI is InChI=1S/C21H23ClFNO5.C12H11F2N5O2S.C10H11F3N2O/c1-2-3-6-9-28-19(25)12-29-18-11-17(16(23)10-15(18)22)24-20(26)13-7-4-5-8-14(13)21(24)27;1-7-5-6-19-11(15-7)16-12(17-19)22(20,21)18-10-8(13)3-2-4-9(10)14;1-15(2)9(16)14-8-5-3-4-7(6-8)10(11,12)13/h10-11H,2-9,12H2,1H3;2-5,18H,6H2,1H3,(H,15,16,17);3-6H,1-2H3,(H,14,16). The number of benzene rings is 3. The molecule has 7 rings (SSSR count). The maximum absolute atomic E-state index is 14.5. The summed E-state index contributed by atoms with van der Waals surface area (Å²) >= 11 is 6.02. The third kappa shape index (κ3) is 13.3. The smallest absolute Gasteiger partial charge is 0.416 e. The number of carbonyl (C=O) groups is 4. The number of esters is 1. The number of nitrogens with zero attached hydrogens (tertiary/aromatic N) is 5. The van der Waals surface area contributed by atoms with Crippen LogP contribution < -0.4 is 25.0 Å². The molecule has 16 nitrogen and oxygen atoms in total. The van der Waals surface area contributed by atoms with Crippen molar-refractivity contribution >= 4 is 68.4 Å². The number of hydrogen-bond acceptors (Lipinski definition) is 11. The van der Waals surface area contributed by atoms with Gasteiger partial charge in [0.25, 0.3) is 27.0 Å². The molecule has 3 N–H and O–H groups in total. The molecule has 1 aromatic heterocycles. The molecule has 3 aliphatic rings. The van der Waals surface area contributed by atoms with E-state index in [4.69, 9.17) is 21.1 Å². The topological polar surface area (TPSA) is 194 Å². The fourth-order valence-corrected chi connectivity index (χ4v) is 7.54. The average Bonchev–Trinajstić information content (AvgIpc) is 3.82. The first-order chi connectivity index (χ1) is 31.6. The van der Waals surface area contributed by atoms with Crippen molar-refractivity contribution in [2.45, 2.75) is 76.7 Å². The molecule has 0 radical (unpaired) electrons. The van der Waals surface area contributed by atoms with Crippen molar-refractivity contribution in [2.24, 2.45) is 0 Å². The molecule has 0 saturated carbocycles. The van der Waals surface area contributed by atoms with Crippen molar-refractivity contribution in [3.63, 3.8) is 0 Å². The maximum atomic E-state index is 14.5. The minimum atomic E-state index is -4.40. The van der Waals surface area contributed by atoms with Crippen molar-refractivity contribution in [2.75, 3.05) is 47.6 Å². The van der Waals surface area contributed by atoms with Crippen LogP contribution in [-0.4, -0.2) is 79.2 Å². The Labute approximate surface area is 386 Å². The van der Waals surface area contributed by atoms with Crippen LogP contribution in [0, 0.1) is 17.5 Å². The van der Waals surface area contributed by atoms with Crippen molar-refractivity contribution in [1.29, 1.82) is 0 Å². The minimum Gasteiger partial charge on any atom is -0.480 e. The molecule has 0 spiro atoms. The van der Waals surface area contributed by atoms with Crippen LogP contribution in [0.2, 0.25) is 5.02 Å². The lowest BCUT2D eigenvalue weighted by Crippen LogP contribution is -2.32. The summed E-state index contributed by atoms with van der Waals surface area (Å²) in [5.74, 6) is -4.21. The monoisotopic (exact) mass is 982 g/mol. The van der Waals surface area contributed by atoms with Crippen molar-refractivity contribution < 1.29 is 63.4 Å². The van der Waals surface area contributed by atoms with Gasteiger partial charge in [0.1, 0.15) is 28.9 Å². The number of sulfonamides is 1. The lowest BCUT2D eigenvalue weighted by Gasteiger charge is -2.18. The van der Waals surface area contributed by atoms with Crippen LogP contribution in [0.25, 0.3) is 0 Å². The van der Waals surface area contributed by atoms with Crippen LogP contribution in [0.5, 0.6) is 5.75 Å². The van der Waals surface area contributed by atoms with E-state index in [1.165, 1.54) is 41.9 Å². The first-order valence-electron chi connectivity index (χ1n) is 20.5. The van der Waals surface area contributed by atoms with E-state index in [0.717, 1.165) is 79.1 Å². The molecule has 67 heavy (non-hydrogen) atoms. The summed E-state index contributed by atoms with van der Waals surface area (Å²) in [4.78, 5) is 54.2. The quantitative estimate of drug-likeness (QED) is 0.0532. The lowest BCUT2D eigenvalue weighted by molar-refractivity contribution is -0.146. The van der Waals surface area contributed by atoms with Crippen molar-refractivity contribution in [1.82, 2.24) is 19.7 Å². The Morgan fingerprint density at radius 3 is 2.19 bits per heavy atom. The second-order valence-corrected chi connectivity index (χ2v) is 17.1. The van der Waals surface area contributed by atoms with Gasteiger partial charge in [0.2, 0.25) is 5.95 Å². The summed E-state index contributed by atoms with van der Waals surface area (Å²) in [5, 5.41) is 8.37. The molecule has 4 amide bonds. The Morgan fingerprint density at radius 2 is 1.58 bits per heavy atom. The molecule has 0 unspecified atom stereocenters. The van der Waals surface area contributed by atoms with E-state index in [1.807, 2.05) is 11.6 Å². The number of aromatic nitrogens is 3. The van der Waals surface area contributed by atoms with Gasteiger partial charge in [-0.25, -0.2) is 32.3 Å². The zero-order valence-corrected chi connectivity index (χ0v) is 38.0. The normalized spacial score (nSPS) is 14.3. The van der Waals surface area contributed by atoms with Crippen molar-refractivity contribution in [3.05, 3.63) is 106 Å². The number of amides is 4. The highest BCUT2D eigenvalue weighted by molar-refractivity contribution is 7.92. The second-order valence-electron chi connectivity index (χ2n) is 15.1. The fourth-order valence-electron chi connectivity index (χ4n) is 6.36. The van der Waals surface area contributed by atoms with E-state index < -0.39 is 80.5 Å². The minimum absolute atomic E-state index is 0.000883. The molecule has 0 saturated heterocycles. The summed E-state index contributed by atoms with van der Waals surface area (Å²) in [6, 6.07) is 9.18. The van der Waals surface area contributed by atoms with Gasteiger partial charge in [-0.15, -0.1) is 5.10 Å². The maximum Gasteiger partial charge on any atom is 0.416 e. The number of unbranched alkanes of at least 4 members (excludes halogenated alkanes) is 2. The zero-order valence-electron chi connectivity index (χ0n) is 36.4. The van der Waals surface area contributed by atoms with Crippen LogP contribution in [0.1, 0.15) is 64.4 Å². The molecule has 2 aliphatic heterocycles. The Kier molecular flexibility index (Phi) is 17.1. The van der Waals surface area contributed by atoms with Crippen LogP contribution in [0.4, 0.5) is 54.1 Å². The molecule has 24 heteroatoms. The number of carbonyl (C=O) groups excluding carboxylic acids is 4. The van der Waals surface area contributed by atoms with E-state index in [-0.39, 0.29) is 28.1 Å². The number of rotatable bonds is 12. The first kappa shape index (κ1) is 51.4. The number of imide groups is 1. The fraction of sp³-hybridized carbons (Fsp3) is 0.349. The van der Waals surface area contributed by atoms with E-state index in [9.17, 15) is 53.9 Å².